The molecule has 6 heteroatoms. The molecule has 0 atom stereocenters. The minimum Gasteiger partial charge on any atom is -0.496 e. The van der Waals surface area contributed by atoms with Gasteiger partial charge in [-0.3, -0.25) is 9.59 Å². The average molecular weight is 350 g/mol. The Hall–Kier alpha value is -2.08. The molecule has 140 valence electrons. The number of nitrogens with zero attached hydrogens (tertiary/aromatic N) is 2. The number of carbonyl (C=O) groups is 2. The molecule has 25 heavy (non-hydrogen) atoms. The van der Waals surface area contributed by atoms with Crippen molar-refractivity contribution < 1.29 is 19.1 Å². The molecular formula is C19H30N2O4. The second-order valence-electron chi connectivity index (χ2n) is 5.70. The first-order valence-electron chi connectivity index (χ1n) is 8.78. The zero-order valence-electron chi connectivity index (χ0n) is 15.8. The van der Waals surface area contributed by atoms with E-state index in [-0.39, 0.29) is 18.3 Å². The number of benzene rings is 1. The van der Waals surface area contributed by atoms with E-state index in [0.717, 1.165) is 26.1 Å². The number of hydrogen-bond acceptors (Lipinski definition) is 5. The second-order valence-corrected chi connectivity index (χ2v) is 5.70. The van der Waals surface area contributed by atoms with Crippen molar-refractivity contribution in [1.29, 1.82) is 0 Å². The maximum Gasteiger partial charge on any atom is 0.307 e. The standard InChI is InChI=1S/C19H30N2O4/c1-5-20(6-2)13-9-14-21(15-12-18(22)25-4)19(23)16-10-7-8-11-17(16)24-3/h7-8,10-11H,5-6,9,12-15H2,1-4H3. The lowest BCUT2D eigenvalue weighted by Crippen LogP contribution is -2.36. The summed E-state index contributed by atoms with van der Waals surface area (Å²) in [7, 11) is 2.90. The van der Waals surface area contributed by atoms with Crippen LogP contribution in [-0.4, -0.2) is 68.6 Å². The van der Waals surface area contributed by atoms with E-state index >= 15 is 0 Å². The number of esters is 1. The van der Waals surface area contributed by atoms with Gasteiger partial charge >= 0.3 is 5.97 Å². The third-order valence-electron chi connectivity index (χ3n) is 4.23. The number of amides is 1. The molecule has 0 spiro atoms. The van der Waals surface area contributed by atoms with Gasteiger partial charge in [-0.2, -0.15) is 0 Å². The quantitative estimate of drug-likeness (QED) is 0.574. The molecule has 0 aliphatic heterocycles. The molecule has 1 aromatic rings. The smallest absolute Gasteiger partial charge is 0.307 e. The van der Waals surface area contributed by atoms with Crippen LogP contribution in [0, 0.1) is 0 Å². The summed E-state index contributed by atoms with van der Waals surface area (Å²) in [6.45, 7) is 8.06. The molecule has 0 heterocycles. The van der Waals surface area contributed by atoms with Crippen LogP contribution in [0.25, 0.3) is 0 Å². The molecule has 0 aliphatic rings. The van der Waals surface area contributed by atoms with Crippen molar-refractivity contribution in [2.24, 2.45) is 0 Å². The van der Waals surface area contributed by atoms with Gasteiger partial charge in [0, 0.05) is 13.1 Å². The van der Waals surface area contributed by atoms with Crippen LogP contribution >= 0.6 is 0 Å². The lowest BCUT2D eigenvalue weighted by Gasteiger charge is -2.25. The average Bonchev–Trinajstić information content (AvgIpc) is 2.66. The fourth-order valence-corrected chi connectivity index (χ4v) is 2.66. The predicted molar refractivity (Wildman–Crippen MR) is 97.9 cm³/mol. The Morgan fingerprint density at radius 2 is 1.68 bits per heavy atom. The Bertz CT molecular complexity index is 544. The van der Waals surface area contributed by atoms with Crippen LogP contribution in [0.1, 0.15) is 37.0 Å². The van der Waals surface area contributed by atoms with Gasteiger partial charge in [0.1, 0.15) is 5.75 Å². The van der Waals surface area contributed by atoms with E-state index < -0.39 is 0 Å². The number of ether oxygens (including phenoxy) is 2. The first kappa shape index (κ1) is 21.0. The predicted octanol–water partition coefficient (Wildman–Crippen LogP) is 2.43. The first-order valence-corrected chi connectivity index (χ1v) is 8.78. The Balaban J connectivity index is 2.81. The molecule has 6 nitrogen and oxygen atoms in total. The van der Waals surface area contributed by atoms with E-state index in [4.69, 9.17) is 9.47 Å². The highest BCUT2D eigenvalue weighted by Crippen LogP contribution is 2.19. The number of methoxy groups -OCH3 is 2. The summed E-state index contributed by atoms with van der Waals surface area (Å²) < 4.78 is 9.99. The number of hydrogen-bond donors (Lipinski definition) is 0. The molecule has 0 radical (unpaired) electrons. The molecule has 0 fully saturated rings. The van der Waals surface area contributed by atoms with Crippen molar-refractivity contribution in [2.75, 3.05) is 46.9 Å². The van der Waals surface area contributed by atoms with Crippen molar-refractivity contribution >= 4 is 11.9 Å². The van der Waals surface area contributed by atoms with Gasteiger partial charge < -0.3 is 19.3 Å². The molecule has 0 aromatic heterocycles. The van der Waals surface area contributed by atoms with Gasteiger partial charge in [0.15, 0.2) is 0 Å². The SMILES string of the molecule is CCN(CC)CCCN(CCC(=O)OC)C(=O)c1ccccc1OC. The van der Waals surface area contributed by atoms with Gasteiger partial charge in [0.25, 0.3) is 5.91 Å². The van der Waals surface area contributed by atoms with E-state index in [1.54, 1.807) is 24.1 Å². The molecular weight excluding hydrogens is 320 g/mol. The largest absolute Gasteiger partial charge is 0.496 e. The van der Waals surface area contributed by atoms with Crippen molar-refractivity contribution in [1.82, 2.24) is 9.80 Å². The van der Waals surface area contributed by atoms with Gasteiger partial charge in [-0.15, -0.1) is 0 Å². The fraction of sp³-hybridized carbons (Fsp3) is 0.579. The van der Waals surface area contributed by atoms with Crippen molar-refractivity contribution in [3.05, 3.63) is 29.8 Å². The van der Waals surface area contributed by atoms with E-state index in [0.29, 0.717) is 24.4 Å². The molecule has 0 N–H and O–H groups in total. The third-order valence-corrected chi connectivity index (χ3v) is 4.23. The highest BCUT2D eigenvalue weighted by atomic mass is 16.5. The summed E-state index contributed by atoms with van der Waals surface area (Å²) in [5.74, 6) is 0.0989. The fourth-order valence-electron chi connectivity index (χ4n) is 2.66. The Kier molecular flexibility index (Phi) is 9.62. The number of para-hydroxylation sites is 1. The van der Waals surface area contributed by atoms with Crippen LogP contribution in [0.3, 0.4) is 0 Å². The minimum atomic E-state index is -0.318. The zero-order chi connectivity index (χ0) is 18.7. The van der Waals surface area contributed by atoms with Crippen molar-refractivity contribution in [3.63, 3.8) is 0 Å². The molecule has 0 bridgehead atoms. The van der Waals surface area contributed by atoms with Crippen LogP contribution < -0.4 is 4.74 Å². The van der Waals surface area contributed by atoms with E-state index in [1.807, 2.05) is 12.1 Å². The highest BCUT2D eigenvalue weighted by Gasteiger charge is 2.20. The number of rotatable bonds is 11. The van der Waals surface area contributed by atoms with Crippen LogP contribution in [0.15, 0.2) is 24.3 Å². The van der Waals surface area contributed by atoms with Crippen LogP contribution in [-0.2, 0) is 9.53 Å². The molecule has 1 amide bonds. The second kappa shape index (κ2) is 11.5. The van der Waals surface area contributed by atoms with Gasteiger partial charge in [-0.1, -0.05) is 26.0 Å². The van der Waals surface area contributed by atoms with Crippen LogP contribution in [0.2, 0.25) is 0 Å². The Labute approximate surface area is 150 Å². The van der Waals surface area contributed by atoms with E-state index in [2.05, 4.69) is 18.7 Å². The summed E-state index contributed by atoms with van der Waals surface area (Å²) >= 11 is 0. The van der Waals surface area contributed by atoms with Crippen molar-refractivity contribution in [3.8, 4) is 5.75 Å². The molecule has 1 rings (SSSR count). The lowest BCUT2D eigenvalue weighted by atomic mass is 10.1. The molecule has 0 saturated carbocycles. The summed E-state index contributed by atoms with van der Waals surface area (Å²) in [5.41, 5.74) is 0.512. The van der Waals surface area contributed by atoms with Gasteiger partial charge in [0.2, 0.25) is 0 Å². The summed E-state index contributed by atoms with van der Waals surface area (Å²) in [4.78, 5) is 28.4. The van der Waals surface area contributed by atoms with Crippen LogP contribution in [0.4, 0.5) is 0 Å². The first-order chi connectivity index (χ1) is 12.1. The lowest BCUT2D eigenvalue weighted by molar-refractivity contribution is -0.140. The number of carbonyl (C=O) groups excluding carboxylic acids is 2. The zero-order valence-corrected chi connectivity index (χ0v) is 15.8. The normalized spacial score (nSPS) is 10.6. The van der Waals surface area contributed by atoms with Gasteiger partial charge in [0.05, 0.1) is 26.2 Å². The molecule has 0 aliphatic carbocycles. The minimum absolute atomic E-state index is 0.124. The van der Waals surface area contributed by atoms with E-state index in [1.165, 1.54) is 7.11 Å². The van der Waals surface area contributed by atoms with E-state index in [9.17, 15) is 9.59 Å². The summed E-state index contributed by atoms with van der Waals surface area (Å²) in [6, 6.07) is 7.15. The monoisotopic (exact) mass is 350 g/mol. The Morgan fingerprint density at radius 3 is 2.28 bits per heavy atom. The summed E-state index contributed by atoms with van der Waals surface area (Å²) in [6.07, 6.45) is 1.03. The molecule has 1 aromatic carbocycles. The topological polar surface area (TPSA) is 59.1 Å². The summed E-state index contributed by atoms with van der Waals surface area (Å²) in [5, 5.41) is 0. The van der Waals surface area contributed by atoms with Crippen LogP contribution in [0.5, 0.6) is 5.75 Å². The van der Waals surface area contributed by atoms with Gasteiger partial charge in [-0.25, -0.2) is 0 Å². The van der Waals surface area contributed by atoms with Crippen molar-refractivity contribution in [2.45, 2.75) is 26.7 Å². The molecule has 0 saturated heterocycles. The Morgan fingerprint density at radius 1 is 1.00 bits per heavy atom. The maximum absolute atomic E-state index is 12.9. The maximum atomic E-state index is 12.9. The highest BCUT2D eigenvalue weighted by molar-refractivity contribution is 5.97. The third kappa shape index (κ3) is 6.74. The molecule has 0 unspecified atom stereocenters. The van der Waals surface area contributed by atoms with Gasteiger partial charge in [-0.05, 0) is 38.2 Å².